The van der Waals surface area contributed by atoms with E-state index >= 15 is 0 Å². The minimum Gasteiger partial charge on any atom is -0.377 e. The largest absolute Gasteiger partial charge is 0.377 e. The lowest BCUT2D eigenvalue weighted by atomic mass is 10.2. The van der Waals surface area contributed by atoms with Crippen LogP contribution in [0, 0.1) is 0 Å². The van der Waals surface area contributed by atoms with Gasteiger partial charge in [0.15, 0.2) is 0 Å². The average Bonchev–Trinajstić information content (AvgIpc) is 2.29. The summed E-state index contributed by atoms with van der Waals surface area (Å²) in [6.45, 7) is 4.78. The fourth-order valence-electron chi connectivity index (χ4n) is 1.50. The molecule has 1 aliphatic rings. The second-order valence-corrected chi connectivity index (χ2v) is 4.17. The Morgan fingerprint density at radius 1 is 1.67 bits per heavy atom. The highest BCUT2D eigenvalue weighted by molar-refractivity contribution is 9.09. The number of rotatable bonds is 5. The third kappa shape index (κ3) is 4.09. The summed E-state index contributed by atoms with van der Waals surface area (Å²) in [5.74, 6) is 0.0659. The molecule has 0 aromatic carbocycles. The number of morpholine rings is 1. The Hall–Kier alpha value is -0.130. The summed E-state index contributed by atoms with van der Waals surface area (Å²) in [6.07, 6.45) is 0.943. The van der Waals surface area contributed by atoms with Crippen molar-refractivity contribution in [1.82, 2.24) is 4.90 Å². The second-order valence-electron chi connectivity index (χ2n) is 3.52. The van der Waals surface area contributed by atoms with Crippen LogP contribution < -0.4 is 0 Å². The zero-order valence-corrected chi connectivity index (χ0v) is 10.7. The summed E-state index contributed by atoms with van der Waals surface area (Å²) < 4.78 is 10.6. The van der Waals surface area contributed by atoms with Crippen molar-refractivity contribution in [2.24, 2.45) is 0 Å². The van der Waals surface area contributed by atoms with Gasteiger partial charge in [0.2, 0.25) is 5.91 Å². The van der Waals surface area contributed by atoms with Crippen molar-refractivity contribution in [3.8, 4) is 0 Å². The molecular weight excluding hydrogens is 262 g/mol. The number of hydrogen-bond donors (Lipinski definition) is 0. The van der Waals surface area contributed by atoms with E-state index in [-0.39, 0.29) is 18.6 Å². The van der Waals surface area contributed by atoms with Crippen LogP contribution in [-0.4, -0.2) is 55.2 Å². The molecule has 0 aliphatic carbocycles. The van der Waals surface area contributed by atoms with Crippen molar-refractivity contribution < 1.29 is 14.3 Å². The van der Waals surface area contributed by atoms with Crippen molar-refractivity contribution in [2.75, 3.05) is 38.3 Å². The number of carbonyl (C=O) groups is 1. The van der Waals surface area contributed by atoms with E-state index in [2.05, 4.69) is 15.9 Å². The van der Waals surface area contributed by atoms with E-state index < -0.39 is 0 Å². The van der Waals surface area contributed by atoms with E-state index in [9.17, 15) is 4.79 Å². The number of ether oxygens (including phenoxy) is 2. The minimum atomic E-state index is 0.0659. The first-order valence-electron chi connectivity index (χ1n) is 5.30. The van der Waals surface area contributed by atoms with E-state index in [1.807, 2.05) is 11.8 Å². The molecule has 1 unspecified atom stereocenters. The van der Waals surface area contributed by atoms with E-state index in [1.54, 1.807) is 0 Å². The van der Waals surface area contributed by atoms with Gasteiger partial charge in [-0.25, -0.2) is 0 Å². The molecule has 0 spiro atoms. The van der Waals surface area contributed by atoms with Crippen LogP contribution in [0.15, 0.2) is 0 Å². The van der Waals surface area contributed by atoms with Crippen LogP contribution >= 0.6 is 15.9 Å². The van der Waals surface area contributed by atoms with Gasteiger partial charge in [0.1, 0.15) is 6.61 Å². The molecule has 1 rings (SSSR count). The molecule has 0 aromatic heterocycles. The Balaban J connectivity index is 2.34. The highest BCUT2D eigenvalue weighted by Gasteiger charge is 2.25. The molecule has 0 aromatic rings. The maximum atomic E-state index is 11.8. The zero-order valence-electron chi connectivity index (χ0n) is 9.08. The molecule has 0 bridgehead atoms. The average molecular weight is 280 g/mol. The molecule has 0 saturated carbocycles. The van der Waals surface area contributed by atoms with Gasteiger partial charge in [-0.15, -0.1) is 0 Å². The minimum absolute atomic E-state index is 0.0659. The highest BCUT2D eigenvalue weighted by atomic mass is 79.9. The van der Waals surface area contributed by atoms with Gasteiger partial charge in [-0.05, 0) is 6.42 Å². The molecule has 5 heteroatoms. The second kappa shape index (κ2) is 7.19. The number of amides is 1. The molecule has 1 amide bonds. The number of alkyl halides is 1. The Labute approximate surface area is 99.0 Å². The Kier molecular flexibility index (Phi) is 6.20. The molecule has 1 heterocycles. The maximum absolute atomic E-state index is 11.8. The standard InChI is InChI=1S/C10H18BrNO3/c1-2-4-14-8-10(13)12-3-5-15-7-9(12)6-11/h9H,2-8H2,1H3. The van der Waals surface area contributed by atoms with Gasteiger partial charge in [-0.3, -0.25) is 4.79 Å². The summed E-state index contributed by atoms with van der Waals surface area (Å²) in [5, 5.41) is 0.756. The highest BCUT2D eigenvalue weighted by Crippen LogP contribution is 2.09. The fourth-order valence-corrected chi connectivity index (χ4v) is 2.03. The van der Waals surface area contributed by atoms with Gasteiger partial charge in [0.05, 0.1) is 19.3 Å². The molecule has 1 atom stereocenters. The van der Waals surface area contributed by atoms with E-state index in [1.165, 1.54) is 0 Å². The van der Waals surface area contributed by atoms with Crippen LogP contribution in [0.1, 0.15) is 13.3 Å². The van der Waals surface area contributed by atoms with Crippen LogP contribution in [-0.2, 0) is 14.3 Å². The topological polar surface area (TPSA) is 38.8 Å². The smallest absolute Gasteiger partial charge is 0.249 e. The molecular formula is C10H18BrNO3. The molecule has 4 nitrogen and oxygen atoms in total. The Morgan fingerprint density at radius 2 is 2.47 bits per heavy atom. The Bertz CT molecular complexity index is 201. The molecule has 1 aliphatic heterocycles. The van der Waals surface area contributed by atoms with E-state index in [4.69, 9.17) is 9.47 Å². The monoisotopic (exact) mass is 279 g/mol. The summed E-state index contributed by atoms with van der Waals surface area (Å²) >= 11 is 3.39. The lowest BCUT2D eigenvalue weighted by Crippen LogP contribution is -2.50. The van der Waals surface area contributed by atoms with Gasteiger partial charge in [-0.2, -0.15) is 0 Å². The lowest BCUT2D eigenvalue weighted by Gasteiger charge is -2.34. The molecule has 88 valence electrons. The summed E-state index contributed by atoms with van der Waals surface area (Å²) in [5.41, 5.74) is 0. The summed E-state index contributed by atoms with van der Waals surface area (Å²) in [4.78, 5) is 13.6. The number of halogens is 1. The fraction of sp³-hybridized carbons (Fsp3) is 0.900. The van der Waals surface area contributed by atoms with E-state index in [0.717, 1.165) is 11.8 Å². The third-order valence-electron chi connectivity index (χ3n) is 2.30. The van der Waals surface area contributed by atoms with Crippen molar-refractivity contribution in [3.63, 3.8) is 0 Å². The third-order valence-corrected chi connectivity index (χ3v) is 3.05. The van der Waals surface area contributed by atoms with Crippen LogP contribution in [0.4, 0.5) is 0 Å². The first kappa shape index (κ1) is 12.9. The maximum Gasteiger partial charge on any atom is 0.249 e. The summed E-state index contributed by atoms with van der Waals surface area (Å²) in [6, 6.07) is 0.150. The van der Waals surface area contributed by atoms with Crippen LogP contribution in [0.3, 0.4) is 0 Å². The predicted octanol–water partition coefficient (Wildman–Crippen LogP) is 1.04. The molecule has 1 fully saturated rings. The van der Waals surface area contributed by atoms with Gasteiger partial charge in [-0.1, -0.05) is 22.9 Å². The van der Waals surface area contributed by atoms with Gasteiger partial charge >= 0.3 is 0 Å². The first-order valence-corrected chi connectivity index (χ1v) is 6.42. The molecule has 1 saturated heterocycles. The molecule has 0 radical (unpaired) electrons. The summed E-state index contributed by atoms with van der Waals surface area (Å²) in [7, 11) is 0. The zero-order chi connectivity index (χ0) is 11.1. The quantitative estimate of drug-likeness (QED) is 0.558. The predicted molar refractivity (Wildman–Crippen MR) is 61.2 cm³/mol. The Morgan fingerprint density at radius 3 is 3.13 bits per heavy atom. The van der Waals surface area contributed by atoms with Gasteiger partial charge in [0.25, 0.3) is 0 Å². The van der Waals surface area contributed by atoms with Crippen molar-refractivity contribution in [1.29, 1.82) is 0 Å². The first-order chi connectivity index (χ1) is 7.29. The lowest BCUT2D eigenvalue weighted by molar-refractivity contribution is -0.143. The molecule has 15 heavy (non-hydrogen) atoms. The van der Waals surface area contributed by atoms with Crippen molar-refractivity contribution >= 4 is 21.8 Å². The number of nitrogens with zero attached hydrogens (tertiary/aromatic N) is 1. The SMILES string of the molecule is CCCOCC(=O)N1CCOCC1CBr. The van der Waals surface area contributed by atoms with Crippen molar-refractivity contribution in [2.45, 2.75) is 19.4 Å². The number of hydrogen-bond acceptors (Lipinski definition) is 3. The molecule has 0 N–H and O–H groups in total. The van der Waals surface area contributed by atoms with Crippen LogP contribution in [0.25, 0.3) is 0 Å². The van der Waals surface area contributed by atoms with Gasteiger partial charge in [0, 0.05) is 18.5 Å². The number of carbonyl (C=O) groups excluding carboxylic acids is 1. The van der Waals surface area contributed by atoms with Gasteiger partial charge < -0.3 is 14.4 Å². The van der Waals surface area contributed by atoms with Crippen molar-refractivity contribution in [3.05, 3.63) is 0 Å². The van der Waals surface area contributed by atoms with Crippen LogP contribution in [0.5, 0.6) is 0 Å². The van der Waals surface area contributed by atoms with Crippen LogP contribution in [0.2, 0.25) is 0 Å². The van der Waals surface area contributed by atoms with E-state index in [0.29, 0.717) is 26.4 Å². The normalized spacial score (nSPS) is 21.7.